The van der Waals surface area contributed by atoms with E-state index >= 15 is 0 Å². The first-order valence-electron chi connectivity index (χ1n) is 7.78. The summed E-state index contributed by atoms with van der Waals surface area (Å²) in [7, 11) is -3.25. The molecule has 24 heavy (non-hydrogen) atoms. The van der Waals surface area contributed by atoms with Gasteiger partial charge in [-0.2, -0.15) is 0 Å². The minimum Gasteiger partial charge on any atom is -0.469 e. The van der Waals surface area contributed by atoms with Crippen LogP contribution in [0.5, 0.6) is 0 Å². The van der Waals surface area contributed by atoms with E-state index in [0.717, 1.165) is 30.4 Å². The first-order chi connectivity index (χ1) is 11.4. The second kappa shape index (κ2) is 8.54. The lowest BCUT2D eigenvalue weighted by Crippen LogP contribution is -2.24. The van der Waals surface area contributed by atoms with E-state index in [0.29, 0.717) is 25.1 Å². The summed E-state index contributed by atoms with van der Waals surface area (Å²) in [6, 6.07) is 10.9. The number of furan rings is 1. The van der Waals surface area contributed by atoms with Gasteiger partial charge in [0, 0.05) is 25.1 Å². The van der Waals surface area contributed by atoms with E-state index < -0.39 is 10.0 Å². The van der Waals surface area contributed by atoms with E-state index in [1.165, 1.54) is 0 Å². The van der Waals surface area contributed by atoms with Crippen LogP contribution < -0.4 is 10.0 Å². The molecule has 0 aliphatic heterocycles. The van der Waals surface area contributed by atoms with Crippen molar-refractivity contribution >= 4 is 21.6 Å². The van der Waals surface area contributed by atoms with E-state index in [1.54, 1.807) is 18.4 Å². The fraction of sp³-hybridized carbons (Fsp3) is 0.353. The number of hydrogen-bond acceptors (Lipinski definition) is 4. The van der Waals surface area contributed by atoms with E-state index in [2.05, 4.69) is 10.0 Å². The van der Waals surface area contributed by atoms with Crippen LogP contribution in [0.4, 0.5) is 5.69 Å². The maximum Gasteiger partial charge on any atom is 0.229 e. The number of carbonyl (C=O) groups excluding carboxylic acids is 1. The lowest BCUT2D eigenvalue weighted by Gasteiger charge is -2.07. The average molecular weight is 350 g/mol. The molecule has 0 atom stereocenters. The lowest BCUT2D eigenvalue weighted by atomic mass is 10.1. The van der Waals surface area contributed by atoms with Gasteiger partial charge in [0.2, 0.25) is 15.9 Å². The van der Waals surface area contributed by atoms with Crippen LogP contribution in [0.25, 0.3) is 0 Å². The minimum absolute atomic E-state index is 0.0131. The highest BCUT2D eigenvalue weighted by Crippen LogP contribution is 2.12. The molecule has 0 unspecified atom stereocenters. The second-order valence-electron chi connectivity index (χ2n) is 5.60. The Kier molecular flexibility index (Phi) is 6.43. The van der Waals surface area contributed by atoms with Gasteiger partial charge in [0.1, 0.15) is 5.76 Å². The van der Waals surface area contributed by atoms with E-state index in [1.807, 2.05) is 24.3 Å². The van der Waals surface area contributed by atoms with Gasteiger partial charge in [-0.05, 0) is 42.7 Å². The van der Waals surface area contributed by atoms with Gasteiger partial charge >= 0.3 is 0 Å². The molecule has 7 heteroatoms. The van der Waals surface area contributed by atoms with Gasteiger partial charge in [0.15, 0.2) is 0 Å². The van der Waals surface area contributed by atoms with Gasteiger partial charge in [0.25, 0.3) is 0 Å². The Hall–Kier alpha value is -2.28. The molecule has 0 aliphatic carbocycles. The van der Waals surface area contributed by atoms with Crippen molar-refractivity contribution < 1.29 is 17.6 Å². The number of benzene rings is 1. The van der Waals surface area contributed by atoms with Crippen molar-refractivity contribution in [2.24, 2.45) is 0 Å². The van der Waals surface area contributed by atoms with Crippen molar-refractivity contribution in [1.82, 2.24) is 5.32 Å². The standard InChI is InChI=1S/C17H22N2O4S/c1-24(21,22)19-15-8-6-14(7-9-15)4-2-12-18-17(20)11-10-16-5-3-13-23-16/h3,5-9,13,19H,2,4,10-12H2,1H3,(H,18,20). The van der Waals surface area contributed by atoms with Crippen LogP contribution in [0.3, 0.4) is 0 Å². The highest BCUT2D eigenvalue weighted by Gasteiger charge is 2.04. The number of anilines is 1. The van der Waals surface area contributed by atoms with E-state index in [-0.39, 0.29) is 5.91 Å². The van der Waals surface area contributed by atoms with Gasteiger partial charge in [-0.1, -0.05) is 12.1 Å². The zero-order valence-corrected chi connectivity index (χ0v) is 14.4. The maximum absolute atomic E-state index is 11.7. The third-order valence-corrected chi connectivity index (χ3v) is 4.01. The summed E-state index contributed by atoms with van der Waals surface area (Å²) in [6.07, 6.45) is 5.38. The first-order valence-corrected chi connectivity index (χ1v) is 9.67. The summed E-state index contributed by atoms with van der Waals surface area (Å²) in [5.41, 5.74) is 1.64. The normalized spacial score (nSPS) is 11.2. The smallest absolute Gasteiger partial charge is 0.229 e. The molecule has 0 saturated heterocycles. The second-order valence-corrected chi connectivity index (χ2v) is 7.35. The number of amides is 1. The number of hydrogen-bond donors (Lipinski definition) is 2. The predicted octanol–water partition coefficient (Wildman–Crippen LogP) is 2.33. The molecule has 1 amide bonds. The molecule has 0 bridgehead atoms. The Morgan fingerprint density at radius 2 is 1.88 bits per heavy atom. The van der Waals surface area contributed by atoms with Crippen molar-refractivity contribution in [3.63, 3.8) is 0 Å². The zero-order chi connectivity index (χ0) is 17.4. The molecule has 1 aromatic carbocycles. The van der Waals surface area contributed by atoms with Crippen LogP contribution in [-0.4, -0.2) is 27.1 Å². The minimum atomic E-state index is -3.25. The summed E-state index contributed by atoms with van der Waals surface area (Å²) in [5, 5.41) is 2.89. The molecule has 1 aromatic heterocycles. The molecule has 6 nitrogen and oxygen atoms in total. The Labute approximate surface area is 142 Å². The molecule has 0 saturated carbocycles. The SMILES string of the molecule is CS(=O)(=O)Nc1ccc(CCCNC(=O)CCc2ccco2)cc1. The molecular weight excluding hydrogens is 328 g/mol. The molecular formula is C17H22N2O4S. The average Bonchev–Trinajstić information content (AvgIpc) is 3.03. The molecule has 1 heterocycles. The van der Waals surface area contributed by atoms with Gasteiger partial charge < -0.3 is 9.73 Å². The topological polar surface area (TPSA) is 88.4 Å². The van der Waals surface area contributed by atoms with Gasteiger partial charge in [-0.25, -0.2) is 8.42 Å². The van der Waals surface area contributed by atoms with Crippen LogP contribution in [-0.2, 0) is 27.7 Å². The molecule has 0 spiro atoms. The molecule has 130 valence electrons. The fourth-order valence-corrected chi connectivity index (χ4v) is 2.82. The Morgan fingerprint density at radius 1 is 1.12 bits per heavy atom. The Morgan fingerprint density at radius 3 is 2.50 bits per heavy atom. The number of aryl methyl sites for hydroxylation is 2. The Bertz CT molecular complexity index is 737. The quantitative estimate of drug-likeness (QED) is 0.680. The van der Waals surface area contributed by atoms with E-state index in [4.69, 9.17) is 4.42 Å². The Balaban J connectivity index is 1.64. The maximum atomic E-state index is 11.7. The fourth-order valence-electron chi connectivity index (χ4n) is 2.25. The molecule has 2 N–H and O–H groups in total. The third kappa shape index (κ3) is 6.87. The highest BCUT2D eigenvalue weighted by atomic mass is 32.2. The molecule has 0 aliphatic rings. The monoisotopic (exact) mass is 350 g/mol. The number of carbonyl (C=O) groups is 1. The zero-order valence-electron chi connectivity index (χ0n) is 13.6. The molecule has 0 fully saturated rings. The highest BCUT2D eigenvalue weighted by molar-refractivity contribution is 7.92. The van der Waals surface area contributed by atoms with Crippen molar-refractivity contribution in [1.29, 1.82) is 0 Å². The van der Waals surface area contributed by atoms with Crippen molar-refractivity contribution in [3.05, 3.63) is 54.0 Å². The van der Waals surface area contributed by atoms with Crippen LogP contribution in [0.1, 0.15) is 24.2 Å². The molecule has 2 rings (SSSR count). The summed E-state index contributed by atoms with van der Waals surface area (Å²) in [5.74, 6) is 0.826. The number of nitrogens with one attached hydrogen (secondary N) is 2. The summed E-state index contributed by atoms with van der Waals surface area (Å²) >= 11 is 0. The largest absolute Gasteiger partial charge is 0.469 e. The number of sulfonamides is 1. The molecule has 2 aromatic rings. The van der Waals surface area contributed by atoms with Crippen LogP contribution in [0.15, 0.2) is 47.1 Å². The lowest BCUT2D eigenvalue weighted by molar-refractivity contribution is -0.121. The molecule has 0 radical (unpaired) electrons. The summed E-state index contributed by atoms with van der Waals surface area (Å²) < 4.78 is 29.9. The summed E-state index contributed by atoms with van der Waals surface area (Å²) in [4.78, 5) is 11.7. The van der Waals surface area contributed by atoms with Crippen molar-refractivity contribution in [2.45, 2.75) is 25.7 Å². The van der Waals surface area contributed by atoms with Crippen molar-refractivity contribution in [2.75, 3.05) is 17.5 Å². The summed E-state index contributed by atoms with van der Waals surface area (Å²) in [6.45, 7) is 0.611. The third-order valence-electron chi connectivity index (χ3n) is 3.40. The predicted molar refractivity (Wildman–Crippen MR) is 93.3 cm³/mol. The number of rotatable bonds is 9. The van der Waals surface area contributed by atoms with Crippen LogP contribution >= 0.6 is 0 Å². The van der Waals surface area contributed by atoms with Gasteiger partial charge in [-0.15, -0.1) is 0 Å². The van der Waals surface area contributed by atoms with E-state index in [9.17, 15) is 13.2 Å². The first kappa shape index (κ1) is 18.1. The van der Waals surface area contributed by atoms with Crippen LogP contribution in [0, 0.1) is 0 Å². The van der Waals surface area contributed by atoms with Crippen molar-refractivity contribution in [3.8, 4) is 0 Å². The van der Waals surface area contributed by atoms with Gasteiger partial charge in [-0.3, -0.25) is 9.52 Å². The van der Waals surface area contributed by atoms with Crippen LogP contribution in [0.2, 0.25) is 0 Å². The van der Waals surface area contributed by atoms with Gasteiger partial charge in [0.05, 0.1) is 12.5 Å².